The van der Waals surface area contributed by atoms with Gasteiger partial charge in [-0.1, -0.05) is 48.9 Å². The first-order valence-corrected chi connectivity index (χ1v) is 12.7. The molecule has 0 unspecified atom stereocenters. The lowest BCUT2D eigenvalue weighted by atomic mass is 10.1. The Labute approximate surface area is 199 Å². The molecule has 0 heterocycles. The van der Waals surface area contributed by atoms with Crippen LogP contribution in [0.3, 0.4) is 0 Å². The molecule has 180 valence electrons. The molecule has 0 aliphatic heterocycles. The number of hydrogen-bond donors (Lipinski definition) is 1. The van der Waals surface area contributed by atoms with Crippen LogP contribution in [-0.4, -0.2) is 50.0 Å². The lowest BCUT2D eigenvalue weighted by Gasteiger charge is -2.32. The van der Waals surface area contributed by atoms with Crippen LogP contribution in [0, 0.1) is 5.82 Å². The smallest absolute Gasteiger partial charge is 0.244 e. The fourth-order valence-electron chi connectivity index (χ4n) is 3.11. The standard InChI is InChI=1S/C23H29ClFN3O4S/c1-5-16(2)26-23(30)17(3)27(14-18-10-6-7-11-19(18)24)22(29)15-28(33(4,31)32)21-13-9-8-12-20(21)25/h6-13,16-17H,5,14-15H2,1-4H3,(H,26,30)/t16-,17+/m1/s1. The van der Waals surface area contributed by atoms with Crippen LogP contribution >= 0.6 is 11.6 Å². The van der Waals surface area contributed by atoms with Crippen LogP contribution in [0.2, 0.25) is 5.02 Å². The molecule has 0 aliphatic carbocycles. The summed E-state index contributed by atoms with van der Waals surface area (Å²) < 4.78 is 39.9. The third-order valence-corrected chi connectivity index (χ3v) is 6.76. The van der Waals surface area contributed by atoms with Gasteiger partial charge in [0.25, 0.3) is 0 Å². The van der Waals surface area contributed by atoms with Crippen molar-refractivity contribution in [1.82, 2.24) is 10.2 Å². The van der Waals surface area contributed by atoms with Gasteiger partial charge in [-0.15, -0.1) is 0 Å². The summed E-state index contributed by atoms with van der Waals surface area (Å²) in [6.07, 6.45) is 1.59. The second kappa shape index (κ2) is 11.5. The highest BCUT2D eigenvalue weighted by atomic mass is 35.5. The van der Waals surface area contributed by atoms with E-state index in [-0.39, 0.29) is 24.2 Å². The number of nitrogens with one attached hydrogen (secondary N) is 1. The van der Waals surface area contributed by atoms with Gasteiger partial charge in [-0.25, -0.2) is 12.8 Å². The van der Waals surface area contributed by atoms with E-state index in [9.17, 15) is 22.4 Å². The average molecular weight is 498 g/mol. The van der Waals surface area contributed by atoms with E-state index < -0.39 is 34.3 Å². The number of halogens is 2. The average Bonchev–Trinajstić information content (AvgIpc) is 2.76. The van der Waals surface area contributed by atoms with E-state index in [1.807, 2.05) is 13.8 Å². The van der Waals surface area contributed by atoms with Crippen LogP contribution in [0.1, 0.15) is 32.8 Å². The van der Waals surface area contributed by atoms with Gasteiger partial charge in [0.2, 0.25) is 21.8 Å². The Bertz CT molecular complexity index is 1100. The molecule has 0 aliphatic rings. The summed E-state index contributed by atoms with van der Waals surface area (Å²) in [5.74, 6) is -1.84. The van der Waals surface area contributed by atoms with Crippen molar-refractivity contribution < 1.29 is 22.4 Å². The van der Waals surface area contributed by atoms with Crippen LogP contribution in [0.5, 0.6) is 0 Å². The van der Waals surface area contributed by atoms with Gasteiger partial charge in [-0.05, 0) is 44.0 Å². The summed E-state index contributed by atoms with van der Waals surface area (Å²) >= 11 is 6.26. The molecule has 0 spiro atoms. The molecule has 7 nitrogen and oxygen atoms in total. The first-order valence-electron chi connectivity index (χ1n) is 10.5. The van der Waals surface area contributed by atoms with Crippen LogP contribution in [0.15, 0.2) is 48.5 Å². The molecule has 0 fully saturated rings. The molecule has 2 aromatic rings. The Kier molecular flexibility index (Phi) is 9.25. The SMILES string of the molecule is CC[C@@H](C)NC(=O)[C@H](C)N(Cc1ccccc1Cl)C(=O)CN(c1ccccc1F)S(C)(=O)=O. The molecule has 2 aromatic carbocycles. The van der Waals surface area contributed by atoms with Crippen molar-refractivity contribution >= 4 is 39.1 Å². The second-order valence-corrected chi connectivity index (χ2v) is 10.1. The van der Waals surface area contributed by atoms with E-state index in [4.69, 9.17) is 11.6 Å². The molecule has 2 amide bonds. The highest BCUT2D eigenvalue weighted by molar-refractivity contribution is 7.92. The molecular formula is C23H29ClFN3O4S. The Morgan fingerprint density at radius 2 is 1.70 bits per heavy atom. The fraction of sp³-hybridized carbons (Fsp3) is 0.391. The van der Waals surface area contributed by atoms with E-state index in [2.05, 4.69) is 5.32 Å². The zero-order valence-electron chi connectivity index (χ0n) is 19.1. The highest BCUT2D eigenvalue weighted by Crippen LogP contribution is 2.23. The maximum absolute atomic E-state index is 14.4. The third-order valence-electron chi connectivity index (χ3n) is 5.27. The topological polar surface area (TPSA) is 86.8 Å². The van der Waals surface area contributed by atoms with Crippen molar-refractivity contribution in [3.8, 4) is 0 Å². The molecule has 10 heteroatoms. The third kappa shape index (κ3) is 7.17. The van der Waals surface area contributed by atoms with Gasteiger partial charge in [-0.2, -0.15) is 0 Å². The molecule has 2 rings (SSSR count). The lowest BCUT2D eigenvalue weighted by Crippen LogP contribution is -2.52. The van der Waals surface area contributed by atoms with Gasteiger partial charge in [0, 0.05) is 17.6 Å². The van der Waals surface area contributed by atoms with Crippen molar-refractivity contribution in [2.45, 2.75) is 45.8 Å². The Balaban J connectivity index is 2.41. The predicted molar refractivity (Wildman–Crippen MR) is 128 cm³/mol. The number of benzene rings is 2. The number of hydrogen-bond acceptors (Lipinski definition) is 4. The number of para-hydroxylation sites is 1. The minimum Gasteiger partial charge on any atom is -0.352 e. The maximum atomic E-state index is 14.4. The van der Waals surface area contributed by atoms with E-state index >= 15 is 0 Å². The molecule has 33 heavy (non-hydrogen) atoms. The fourth-order valence-corrected chi connectivity index (χ4v) is 4.15. The number of carbonyl (C=O) groups is 2. The van der Waals surface area contributed by atoms with Gasteiger partial charge < -0.3 is 10.2 Å². The maximum Gasteiger partial charge on any atom is 0.244 e. The number of nitrogens with zero attached hydrogens (tertiary/aromatic N) is 2. The summed E-state index contributed by atoms with van der Waals surface area (Å²) in [5, 5.41) is 3.23. The van der Waals surface area contributed by atoms with Gasteiger partial charge in [-0.3, -0.25) is 13.9 Å². The first-order chi connectivity index (χ1) is 15.5. The van der Waals surface area contributed by atoms with Crippen molar-refractivity contribution in [1.29, 1.82) is 0 Å². The van der Waals surface area contributed by atoms with Crippen molar-refractivity contribution in [3.05, 3.63) is 64.9 Å². The molecule has 2 atom stereocenters. The van der Waals surface area contributed by atoms with Crippen molar-refractivity contribution in [2.75, 3.05) is 17.1 Å². The minimum atomic E-state index is -4.00. The summed E-state index contributed by atoms with van der Waals surface area (Å²) in [5.41, 5.74) is 0.343. The Hall–Kier alpha value is -2.65. The van der Waals surface area contributed by atoms with Gasteiger partial charge in [0.05, 0.1) is 11.9 Å². The quantitative estimate of drug-likeness (QED) is 0.543. The number of rotatable bonds is 10. The lowest BCUT2D eigenvalue weighted by molar-refractivity contribution is -0.139. The predicted octanol–water partition coefficient (Wildman–Crippen LogP) is 3.58. The number of carbonyl (C=O) groups excluding carboxylic acids is 2. The van der Waals surface area contributed by atoms with Gasteiger partial charge >= 0.3 is 0 Å². The first kappa shape index (κ1) is 26.6. The van der Waals surface area contributed by atoms with E-state index in [1.54, 1.807) is 31.2 Å². The molecule has 0 saturated heterocycles. The van der Waals surface area contributed by atoms with Crippen LogP contribution in [-0.2, 0) is 26.2 Å². The van der Waals surface area contributed by atoms with E-state index in [0.29, 0.717) is 21.3 Å². The number of amides is 2. The Morgan fingerprint density at radius 1 is 1.09 bits per heavy atom. The van der Waals surface area contributed by atoms with Crippen LogP contribution in [0.25, 0.3) is 0 Å². The summed E-state index contributed by atoms with van der Waals surface area (Å²) in [6, 6.07) is 11.1. The van der Waals surface area contributed by atoms with E-state index in [1.165, 1.54) is 23.1 Å². The summed E-state index contributed by atoms with van der Waals surface area (Å²) in [4.78, 5) is 27.4. The zero-order chi connectivity index (χ0) is 24.8. The zero-order valence-corrected chi connectivity index (χ0v) is 20.7. The molecule has 0 bridgehead atoms. The molecular weight excluding hydrogens is 469 g/mol. The Morgan fingerprint density at radius 3 is 2.27 bits per heavy atom. The monoisotopic (exact) mass is 497 g/mol. The summed E-state index contributed by atoms with van der Waals surface area (Å²) in [7, 11) is -4.00. The molecule has 0 saturated carbocycles. The molecule has 1 N–H and O–H groups in total. The second-order valence-electron chi connectivity index (χ2n) is 7.83. The highest BCUT2D eigenvalue weighted by Gasteiger charge is 2.31. The van der Waals surface area contributed by atoms with Gasteiger partial charge in [0.1, 0.15) is 18.4 Å². The summed E-state index contributed by atoms with van der Waals surface area (Å²) in [6.45, 7) is 4.61. The normalized spacial score (nSPS) is 13.2. The van der Waals surface area contributed by atoms with Crippen molar-refractivity contribution in [2.24, 2.45) is 0 Å². The largest absolute Gasteiger partial charge is 0.352 e. The molecule has 0 radical (unpaired) electrons. The van der Waals surface area contributed by atoms with Crippen LogP contribution in [0.4, 0.5) is 10.1 Å². The number of anilines is 1. The van der Waals surface area contributed by atoms with Gasteiger partial charge in [0.15, 0.2) is 0 Å². The van der Waals surface area contributed by atoms with Crippen LogP contribution < -0.4 is 9.62 Å². The van der Waals surface area contributed by atoms with Crippen molar-refractivity contribution in [3.63, 3.8) is 0 Å². The number of sulfonamides is 1. The van der Waals surface area contributed by atoms with E-state index in [0.717, 1.165) is 12.3 Å². The molecule has 0 aromatic heterocycles. The minimum absolute atomic E-state index is 0.0253.